The Morgan fingerprint density at radius 2 is 2.12 bits per heavy atom. The highest BCUT2D eigenvalue weighted by Crippen LogP contribution is 2.31. The van der Waals surface area contributed by atoms with Crippen LogP contribution in [0.4, 0.5) is 5.95 Å². The summed E-state index contributed by atoms with van der Waals surface area (Å²) in [5.41, 5.74) is -0.345. The molecule has 0 amide bonds. The van der Waals surface area contributed by atoms with Gasteiger partial charge in [0.15, 0.2) is 17.4 Å². The summed E-state index contributed by atoms with van der Waals surface area (Å²) in [4.78, 5) is 20.8. The van der Waals surface area contributed by atoms with E-state index in [2.05, 4.69) is 15.3 Å². The van der Waals surface area contributed by atoms with Crippen molar-refractivity contribution >= 4 is 17.1 Å². The van der Waals surface area contributed by atoms with E-state index >= 15 is 0 Å². The number of aliphatic hydroxyl groups excluding tert-OH is 4. The van der Waals surface area contributed by atoms with Crippen molar-refractivity contribution in [3.63, 3.8) is 0 Å². The molecule has 11 nitrogen and oxygen atoms in total. The van der Waals surface area contributed by atoms with Crippen molar-refractivity contribution in [2.75, 3.05) is 18.5 Å². The average molecular weight is 339 g/mol. The molecule has 4 heterocycles. The molecular weight excluding hydrogens is 322 g/mol. The first kappa shape index (κ1) is 15.5. The Bertz CT molecular complexity index is 834. The topological polar surface area (TPSA) is 155 Å². The third-order valence-corrected chi connectivity index (χ3v) is 4.40. The van der Waals surface area contributed by atoms with E-state index in [0.717, 1.165) is 4.57 Å². The number of fused-ring (bicyclic) bond motifs is 2. The van der Waals surface area contributed by atoms with Crippen LogP contribution in [0.3, 0.4) is 0 Å². The second-order valence-electron chi connectivity index (χ2n) is 5.86. The highest BCUT2D eigenvalue weighted by Gasteiger charge is 2.44. The minimum Gasteiger partial charge on any atom is -0.394 e. The van der Waals surface area contributed by atoms with Gasteiger partial charge in [0.2, 0.25) is 5.95 Å². The zero-order chi connectivity index (χ0) is 17.0. The monoisotopic (exact) mass is 339 g/mol. The van der Waals surface area contributed by atoms with Gasteiger partial charge in [0.05, 0.1) is 12.9 Å². The van der Waals surface area contributed by atoms with Crippen LogP contribution in [0.25, 0.3) is 11.2 Å². The second kappa shape index (κ2) is 5.50. The zero-order valence-corrected chi connectivity index (χ0v) is 12.5. The van der Waals surface area contributed by atoms with Crippen molar-refractivity contribution in [3.05, 3.63) is 16.7 Å². The van der Waals surface area contributed by atoms with Crippen LogP contribution in [0.2, 0.25) is 0 Å². The molecule has 3 unspecified atom stereocenters. The Labute approximate surface area is 134 Å². The fraction of sp³-hybridized carbons (Fsp3) is 0.615. The molecule has 0 radical (unpaired) electrons. The van der Waals surface area contributed by atoms with Crippen LogP contribution < -0.4 is 10.9 Å². The number of imidazole rings is 1. The molecule has 0 aliphatic carbocycles. The summed E-state index contributed by atoms with van der Waals surface area (Å²) in [5.74, 6) is 0.194. The maximum atomic E-state index is 12.5. The Kier molecular flexibility index (Phi) is 3.54. The van der Waals surface area contributed by atoms with Gasteiger partial charge in [-0.25, -0.2) is 9.55 Å². The quantitative estimate of drug-likeness (QED) is 0.399. The zero-order valence-electron chi connectivity index (χ0n) is 12.5. The van der Waals surface area contributed by atoms with Gasteiger partial charge in [-0.15, -0.1) is 0 Å². The van der Waals surface area contributed by atoms with Crippen LogP contribution in [0, 0.1) is 0 Å². The summed E-state index contributed by atoms with van der Waals surface area (Å²) in [6.45, 7) is 0.00168. The highest BCUT2D eigenvalue weighted by molar-refractivity contribution is 5.71. The summed E-state index contributed by atoms with van der Waals surface area (Å²) in [6, 6.07) is 0. The summed E-state index contributed by atoms with van der Waals surface area (Å²) in [7, 11) is 0. The number of nitrogens with zero attached hydrogens (tertiary/aromatic N) is 4. The average Bonchev–Trinajstić information content (AvgIpc) is 3.10. The lowest BCUT2D eigenvalue weighted by Gasteiger charge is -2.24. The standard InChI is InChI=1S/C13H17N5O6/c19-3-5-8(21)9(22)12(24-5)17-4-15-7-10(17)16-13-14-2-1-6(20)18(13)11(7)23/h4-6,8-9,12,19-22H,1-3H2,(H,14,16)/t5-,6?,8?,9?,12-/m1/s1. The molecule has 5 atom stereocenters. The largest absolute Gasteiger partial charge is 0.394 e. The minimum atomic E-state index is -1.31. The van der Waals surface area contributed by atoms with Gasteiger partial charge in [0.1, 0.15) is 24.5 Å². The van der Waals surface area contributed by atoms with Crippen LogP contribution in [0.5, 0.6) is 0 Å². The van der Waals surface area contributed by atoms with E-state index in [-0.39, 0.29) is 17.1 Å². The Morgan fingerprint density at radius 1 is 1.33 bits per heavy atom. The molecule has 5 N–H and O–H groups in total. The van der Waals surface area contributed by atoms with E-state index in [4.69, 9.17) is 4.74 Å². The van der Waals surface area contributed by atoms with Gasteiger partial charge < -0.3 is 30.5 Å². The third-order valence-electron chi connectivity index (χ3n) is 4.40. The molecule has 2 aromatic heterocycles. The lowest BCUT2D eigenvalue weighted by Crippen LogP contribution is -2.34. The van der Waals surface area contributed by atoms with E-state index in [1.807, 2.05) is 0 Å². The summed E-state index contributed by atoms with van der Waals surface area (Å²) in [6.07, 6.45) is -3.89. The van der Waals surface area contributed by atoms with Crippen LogP contribution in [0.15, 0.2) is 11.1 Å². The Hall–Kier alpha value is -2.05. The molecule has 2 aromatic rings. The van der Waals surface area contributed by atoms with Crippen LogP contribution in [-0.4, -0.2) is 71.0 Å². The maximum absolute atomic E-state index is 12.5. The van der Waals surface area contributed by atoms with Gasteiger partial charge in [-0.1, -0.05) is 0 Å². The Morgan fingerprint density at radius 3 is 2.83 bits per heavy atom. The van der Waals surface area contributed by atoms with Gasteiger partial charge in [-0.2, -0.15) is 4.98 Å². The van der Waals surface area contributed by atoms with Crippen LogP contribution in [0.1, 0.15) is 18.9 Å². The van der Waals surface area contributed by atoms with Crippen molar-refractivity contribution in [2.24, 2.45) is 0 Å². The third kappa shape index (κ3) is 2.06. The maximum Gasteiger partial charge on any atom is 0.285 e. The van der Waals surface area contributed by atoms with Crippen molar-refractivity contribution in [1.29, 1.82) is 0 Å². The van der Waals surface area contributed by atoms with Crippen molar-refractivity contribution in [2.45, 2.75) is 37.2 Å². The molecule has 0 spiro atoms. The number of hydrogen-bond acceptors (Lipinski definition) is 9. The van der Waals surface area contributed by atoms with E-state index in [1.165, 1.54) is 10.9 Å². The number of rotatable bonds is 2. The summed E-state index contributed by atoms with van der Waals surface area (Å²) >= 11 is 0. The number of hydrogen-bond donors (Lipinski definition) is 5. The SMILES string of the molecule is O=c1c2ncn([C@@H]3O[C@H](CO)C(O)C3O)c2nc2n1C(O)CCN2. The Balaban J connectivity index is 1.84. The summed E-state index contributed by atoms with van der Waals surface area (Å²) < 4.78 is 7.91. The first-order chi connectivity index (χ1) is 11.5. The van der Waals surface area contributed by atoms with E-state index < -0.39 is 42.9 Å². The van der Waals surface area contributed by atoms with E-state index in [1.54, 1.807) is 0 Å². The van der Waals surface area contributed by atoms with Gasteiger partial charge >= 0.3 is 0 Å². The van der Waals surface area contributed by atoms with Crippen molar-refractivity contribution in [3.8, 4) is 0 Å². The molecule has 11 heteroatoms. The second-order valence-corrected chi connectivity index (χ2v) is 5.86. The molecule has 0 saturated carbocycles. The first-order valence-electron chi connectivity index (χ1n) is 7.56. The number of aliphatic hydroxyl groups is 4. The van der Waals surface area contributed by atoms with Crippen molar-refractivity contribution in [1.82, 2.24) is 19.1 Å². The molecule has 0 aromatic carbocycles. The highest BCUT2D eigenvalue weighted by atomic mass is 16.6. The van der Waals surface area contributed by atoms with Crippen LogP contribution >= 0.6 is 0 Å². The summed E-state index contributed by atoms with van der Waals surface area (Å²) in [5, 5.41) is 42.1. The predicted octanol–water partition coefficient (Wildman–Crippen LogP) is -2.49. The van der Waals surface area contributed by atoms with E-state index in [0.29, 0.717) is 13.0 Å². The molecule has 130 valence electrons. The number of anilines is 1. The first-order valence-corrected chi connectivity index (χ1v) is 7.56. The normalized spacial score (nSPS) is 32.8. The molecule has 24 heavy (non-hydrogen) atoms. The number of nitrogens with one attached hydrogen (secondary N) is 1. The molecule has 1 fully saturated rings. The number of aromatic nitrogens is 4. The molecule has 0 bridgehead atoms. The molecular formula is C13H17N5O6. The fourth-order valence-electron chi connectivity index (χ4n) is 3.12. The molecule has 2 aliphatic rings. The van der Waals surface area contributed by atoms with Gasteiger partial charge in [0.25, 0.3) is 5.56 Å². The van der Waals surface area contributed by atoms with Crippen molar-refractivity contribution < 1.29 is 25.2 Å². The molecule has 2 aliphatic heterocycles. The van der Waals surface area contributed by atoms with Gasteiger partial charge in [0, 0.05) is 13.0 Å². The number of ether oxygens (including phenoxy) is 1. The van der Waals surface area contributed by atoms with Gasteiger partial charge in [-0.05, 0) is 0 Å². The van der Waals surface area contributed by atoms with Gasteiger partial charge in [-0.3, -0.25) is 9.36 Å². The van der Waals surface area contributed by atoms with E-state index in [9.17, 15) is 25.2 Å². The minimum absolute atomic E-state index is 0.0132. The molecule has 1 saturated heterocycles. The predicted molar refractivity (Wildman–Crippen MR) is 79.2 cm³/mol. The van der Waals surface area contributed by atoms with Crippen LogP contribution in [-0.2, 0) is 4.74 Å². The smallest absolute Gasteiger partial charge is 0.285 e. The molecule has 4 rings (SSSR count). The fourth-order valence-corrected chi connectivity index (χ4v) is 3.12. The lowest BCUT2D eigenvalue weighted by molar-refractivity contribution is -0.0511. The lowest BCUT2D eigenvalue weighted by atomic mass is 10.1.